The van der Waals surface area contributed by atoms with Crippen molar-refractivity contribution < 1.29 is 0 Å². The normalized spacial score (nSPS) is 36.2. The number of thiocarbonyl (C=S) groups is 1. The molecule has 72 valence electrons. The van der Waals surface area contributed by atoms with E-state index < -0.39 is 0 Å². The van der Waals surface area contributed by atoms with Gasteiger partial charge < -0.3 is 11.1 Å². The number of rotatable bonds is 3. The molecule has 0 aromatic rings. The Morgan fingerprint density at radius 3 is 2.62 bits per heavy atom. The summed E-state index contributed by atoms with van der Waals surface area (Å²) >= 11 is 4.85. The standard InChI is InChI=1S/C10H16N2S/c1-6(10(11)13)12-9-5-7-2-3-8(9)4-7/h7-9,12H,1-5H2,(H2,11,13). The molecule has 2 nitrogen and oxygen atoms in total. The SMILES string of the molecule is C=C(NC1CC2CCC1C2)C(N)=S. The van der Waals surface area contributed by atoms with Crippen LogP contribution in [0.25, 0.3) is 0 Å². The van der Waals surface area contributed by atoms with Crippen molar-refractivity contribution in [3.05, 3.63) is 12.3 Å². The highest BCUT2D eigenvalue weighted by Gasteiger charge is 2.39. The van der Waals surface area contributed by atoms with E-state index >= 15 is 0 Å². The number of fused-ring (bicyclic) bond motifs is 2. The minimum atomic E-state index is 0.405. The highest BCUT2D eigenvalue weighted by molar-refractivity contribution is 7.80. The molecule has 3 unspecified atom stereocenters. The molecule has 0 aromatic heterocycles. The Morgan fingerprint density at radius 2 is 2.15 bits per heavy atom. The second-order valence-corrected chi connectivity index (χ2v) is 4.71. The van der Waals surface area contributed by atoms with Crippen LogP contribution in [-0.2, 0) is 0 Å². The average Bonchev–Trinajstić information content (AvgIpc) is 2.64. The fourth-order valence-electron chi connectivity index (χ4n) is 2.72. The summed E-state index contributed by atoms with van der Waals surface area (Å²) in [5.41, 5.74) is 6.22. The fourth-order valence-corrected chi connectivity index (χ4v) is 2.78. The lowest BCUT2D eigenvalue weighted by molar-refractivity contribution is 0.378. The Balaban J connectivity index is 1.90. The zero-order chi connectivity index (χ0) is 9.42. The van der Waals surface area contributed by atoms with Gasteiger partial charge in [-0.25, -0.2) is 0 Å². The lowest BCUT2D eigenvalue weighted by atomic mass is 9.95. The molecular weight excluding hydrogens is 180 g/mol. The summed E-state index contributed by atoms with van der Waals surface area (Å²) in [5.74, 6) is 1.79. The topological polar surface area (TPSA) is 38.0 Å². The van der Waals surface area contributed by atoms with Crippen LogP contribution in [0, 0.1) is 11.8 Å². The molecule has 2 bridgehead atoms. The predicted octanol–water partition coefficient (Wildman–Crippen LogP) is 1.56. The first-order valence-electron chi connectivity index (χ1n) is 4.92. The molecular formula is C10H16N2S. The summed E-state index contributed by atoms with van der Waals surface area (Å²) in [6.45, 7) is 3.82. The summed E-state index contributed by atoms with van der Waals surface area (Å²) < 4.78 is 0. The molecule has 0 radical (unpaired) electrons. The van der Waals surface area contributed by atoms with Gasteiger partial charge in [0.1, 0.15) is 4.99 Å². The van der Waals surface area contributed by atoms with Gasteiger partial charge in [-0.15, -0.1) is 0 Å². The van der Waals surface area contributed by atoms with Crippen LogP contribution in [0.4, 0.5) is 0 Å². The molecule has 2 aliphatic rings. The van der Waals surface area contributed by atoms with Crippen LogP contribution in [0.5, 0.6) is 0 Å². The Hall–Kier alpha value is -0.570. The molecule has 2 aliphatic carbocycles. The van der Waals surface area contributed by atoms with Crippen molar-refractivity contribution in [2.24, 2.45) is 17.6 Å². The third-order valence-corrected chi connectivity index (χ3v) is 3.64. The highest BCUT2D eigenvalue weighted by atomic mass is 32.1. The van der Waals surface area contributed by atoms with Crippen LogP contribution >= 0.6 is 12.2 Å². The van der Waals surface area contributed by atoms with Crippen LogP contribution in [0.1, 0.15) is 25.7 Å². The molecule has 0 saturated heterocycles. The van der Waals surface area contributed by atoms with Crippen molar-refractivity contribution in [1.29, 1.82) is 0 Å². The summed E-state index contributed by atoms with van der Waals surface area (Å²) in [4.78, 5) is 0.405. The summed E-state index contributed by atoms with van der Waals surface area (Å²) in [6.07, 6.45) is 5.46. The maximum atomic E-state index is 5.48. The van der Waals surface area contributed by atoms with Crippen molar-refractivity contribution in [1.82, 2.24) is 5.32 Å². The van der Waals surface area contributed by atoms with E-state index in [1.54, 1.807) is 0 Å². The highest BCUT2D eigenvalue weighted by Crippen LogP contribution is 2.44. The average molecular weight is 196 g/mol. The number of nitrogens with one attached hydrogen (secondary N) is 1. The van der Waals surface area contributed by atoms with Crippen LogP contribution in [0.3, 0.4) is 0 Å². The Kier molecular flexibility index (Phi) is 2.28. The number of hydrogen-bond donors (Lipinski definition) is 2. The van der Waals surface area contributed by atoms with Gasteiger partial charge in [-0.05, 0) is 31.1 Å². The van der Waals surface area contributed by atoms with Gasteiger partial charge in [0, 0.05) is 6.04 Å². The monoisotopic (exact) mass is 196 g/mol. The Bertz CT molecular complexity index is 249. The molecule has 3 N–H and O–H groups in total. The van der Waals surface area contributed by atoms with E-state index in [1.807, 2.05) is 0 Å². The van der Waals surface area contributed by atoms with Crippen LogP contribution in [0.2, 0.25) is 0 Å². The maximum Gasteiger partial charge on any atom is 0.119 e. The molecule has 0 aliphatic heterocycles. The van der Waals surface area contributed by atoms with Gasteiger partial charge in [0.2, 0.25) is 0 Å². The first-order valence-corrected chi connectivity index (χ1v) is 5.33. The van der Waals surface area contributed by atoms with E-state index in [1.165, 1.54) is 25.7 Å². The van der Waals surface area contributed by atoms with E-state index in [0.29, 0.717) is 11.0 Å². The lowest BCUT2D eigenvalue weighted by Crippen LogP contribution is -2.36. The quantitative estimate of drug-likeness (QED) is 0.531. The predicted molar refractivity (Wildman–Crippen MR) is 58.3 cm³/mol. The van der Waals surface area contributed by atoms with Crippen molar-refractivity contribution in [2.75, 3.05) is 0 Å². The van der Waals surface area contributed by atoms with E-state index in [9.17, 15) is 0 Å². The van der Waals surface area contributed by atoms with Gasteiger partial charge in [0.05, 0.1) is 5.70 Å². The first-order chi connectivity index (χ1) is 6.16. The third-order valence-electron chi connectivity index (χ3n) is 3.40. The largest absolute Gasteiger partial charge is 0.388 e. The number of nitrogens with two attached hydrogens (primary N) is 1. The second kappa shape index (κ2) is 3.29. The zero-order valence-electron chi connectivity index (χ0n) is 7.75. The van der Waals surface area contributed by atoms with E-state index in [0.717, 1.165) is 17.5 Å². The number of hydrogen-bond acceptors (Lipinski definition) is 2. The van der Waals surface area contributed by atoms with Crippen molar-refractivity contribution in [2.45, 2.75) is 31.7 Å². The van der Waals surface area contributed by atoms with Crippen molar-refractivity contribution >= 4 is 17.2 Å². The third kappa shape index (κ3) is 1.70. The molecule has 2 fully saturated rings. The molecule has 0 heterocycles. The smallest absolute Gasteiger partial charge is 0.119 e. The van der Waals surface area contributed by atoms with Crippen LogP contribution < -0.4 is 11.1 Å². The summed E-state index contributed by atoms with van der Waals surface area (Å²) in [6, 6.07) is 0.591. The molecule has 0 spiro atoms. The minimum absolute atomic E-state index is 0.405. The Labute approximate surface area is 84.6 Å². The molecule has 13 heavy (non-hydrogen) atoms. The fraction of sp³-hybridized carbons (Fsp3) is 0.700. The molecule has 2 saturated carbocycles. The minimum Gasteiger partial charge on any atom is -0.388 e. The molecule has 0 aromatic carbocycles. The van der Waals surface area contributed by atoms with Crippen molar-refractivity contribution in [3.8, 4) is 0 Å². The van der Waals surface area contributed by atoms with Gasteiger partial charge in [0.25, 0.3) is 0 Å². The summed E-state index contributed by atoms with van der Waals surface area (Å²) in [5, 5.41) is 3.35. The van der Waals surface area contributed by atoms with E-state index in [-0.39, 0.29) is 0 Å². The molecule has 3 heteroatoms. The second-order valence-electron chi connectivity index (χ2n) is 4.27. The molecule has 3 atom stereocenters. The maximum absolute atomic E-state index is 5.48. The van der Waals surface area contributed by atoms with Gasteiger partial charge >= 0.3 is 0 Å². The van der Waals surface area contributed by atoms with Crippen molar-refractivity contribution in [3.63, 3.8) is 0 Å². The molecule has 0 amide bonds. The van der Waals surface area contributed by atoms with E-state index in [2.05, 4.69) is 11.9 Å². The lowest BCUT2D eigenvalue weighted by Gasteiger charge is -2.24. The van der Waals surface area contributed by atoms with Gasteiger partial charge in [-0.2, -0.15) is 0 Å². The van der Waals surface area contributed by atoms with Gasteiger partial charge in [0.15, 0.2) is 0 Å². The van der Waals surface area contributed by atoms with E-state index in [4.69, 9.17) is 18.0 Å². The van der Waals surface area contributed by atoms with Crippen LogP contribution in [-0.4, -0.2) is 11.0 Å². The Morgan fingerprint density at radius 1 is 1.38 bits per heavy atom. The zero-order valence-corrected chi connectivity index (χ0v) is 8.57. The van der Waals surface area contributed by atoms with Crippen LogP contribution in [0.15, 0.2) is 12.3 Å². The first kappa shape index (κ1) is 9.00. The molecule has 2 rings (SSSR count). The van der Waals surface area contributed by atoms with Gasteiger partial charge in [-0.3, -0.25) is 0 Å². The van der Waals surface area contributed by atoms with Gasteiger partial charge in [-0.1, -0.05) is 25.2 Å². The summed E-state index contributed by atoms with van der Waals surface area (Å²) in [7, 11) is 0.